The Balaban J connectivity index is 2.62. The van der Waals surface area contributed by atoms with Crippen LogP contribution in [-0.4, -0.2) is 19.4 Å². The van der Waals surface area contributed by atoms with Crippen molar-refractivity contribution in [1.82, 2.24) is 19.4 Å². The molecule has 0 aromatic carbocycles. The maximum absolute atomic E-state index is 4.15. The van der Waals surface area contributed by atoms with Gasteiger partial charge in [-0.2, -0.15) is 0 Å². The molecule has 4 nitrogen and oxygen atoms in total. The molecule has 0 fully saturated rings. The number of hydrogen-bond acceptors (Lipinski definition) is 2. The molecule has 0 spiro atoms. The second-order valence-corrected chi connectivity index (χ2v) is 2.70. The highest BCUT2D eigenvalue weighted by Gasteiger charge is 1.98. The van der Waals surface area contributed by atoms with Crippen molar-refractivity contribution in [3.63, 3.8) is 0 Å². The Morgan fingerprint density at radius 3 is 3.42 bits per heavy atom. The Bertz CT molecular complexity index is 443. The summed E-state index contributed by atoms with van der Waals surface area (Å²) in [5.74, 6) is 0. The molecule has 3 aromatic heterocycles. The van der Waals surface area contributed by atoms with Gasteiger partial charge in [-0.05, 0) is 6.07 Å². The van der Waals surface area contributed by atoms with Crippen LogP contribution in [0.15, 0.2) is 31.1 Å². The highest BCUT2D eigenvalue weighted by Crippen LogP contribution is 2.11. The zero-order valence-electron chi connectivity index (χ0n) is 6.23. The van der Waals surface area contributed by atoms with Crippen LogP contribution < -0.4 is 0 Å². The van der Waals surface area contributed by atoms with E-state index in [4.69, 9.17) is 0 Å². The van der Waals surface area contributed by atoms with Gasteiger partial charge in [0.1, 0.15) is 0 Å². The van der Waals surface area contributed by atoms with Gasteiger partial charge in [-0.25, -0.2) is 9.97 Å². The van der Waals surface area contributed by atoms with Crippen LogP contribution in [-0.2, 0) is 0 Å². The molecule has 3 heterocycles. The molecule has 4 heteroatoms. The number of H-pyrrole nitrogens is 1. The molecular formula is C8H6N4. The summed E-state index contributed by atoms with van der Waals surface area (Å²) in [4.78, 5) is 11.2. The first-order chi connectivity index (χ1) is 5.93. The molecule has 0 aliphatic heterocycles. The highest BCUT2D eigenvalue weighted by atomic mass is 15.0. The van der Waals surface area contributed by atoms with Crippen molar-refractivity contribution in [1.29, 1.82) is 0 Å². The lowest BCUT2D eigenvalue weighted by molar-refractivity contribution is 1.16. The van der Waals surface area contributed by atoms with E-state index in [9.17, 15) is 0 Å². The topological polar surface area (TPSA) is 46.0 Å². The Morgan fingerprint density at radius 2 is 2.42 bits per heavy atom. The first-order valence-corrected chi connectivity index (χ1v) is 3.68. The third kappa shape index (κ3) is 0.611. The molecule has 0 aliphatic carbocycles. The van der Waals surface area contributed by atoms with E-state index < -0.39 is 0 Å². The van der Waals surface area contributed by atoms with E-state index >= 15 is 0 Å². The number of fused-ring (bicyclic) bond motifs is 2. The van der Waals surface area contributed by atoms with Crippen LogP contribution in [0.2, 0.25) is 0 Å². The highest BCUT2D eigenvalue weighted by molar-refractivity contribution is 5.78. The normalized spacial score (nSPS) is 11.3. The minimum absolute atomic E-state index is 0.975. The van der Waals surface area contributed by atoms with E-state index in [1.165, 1.54) is 0 Å². The Kier molecular flexibility index (Phi) is 0.889. The van der Waals surface area contributed by atoms with Gasteiger partial charge < -0.3 is 9.38 Å². The second-order valence-electron chi connectivity index (χ2n) is 2.70. The lowest BCUT2D eigenvalue weighted by atomic mass is 10.4. The van der Waals surface area contributed by atoms with Crippen molar-refractivity contribution in [2.75, 3.05) is 0 Å². The molecule has 0 unspecified atom stereocenters. The Labute approximate surface area is 67.9 Å². The largest absolute Gasteiger partial charge is 0.343 e. The molecule has 0 amide bonds. The van der Waals surface area contributed by atoms with Crippen molar-refractivity contribution in [2.45, 2.75) is 0 Å². The monoisotopic (exact) mass is 158 g/mol. The SMILES string of the molecule is c1nc2cc3cncn3cc2[nH]1. The number of nitrogens with one attached hydrogen (secondary N) is 1. The number of nitrogens with zero attached hydrogens (tertiary/aromatic N) is 3. The fourth-order valence-corrected chi connectivity index (χ4v) is 1.35. The summed E-state index contributed by atoms with van der Waals surface area (Å²) in [6.45, 7) is 0. The molecule has 58 valence electrons. The molecule has 0 atom stereocenters. The van der Waals surface area contributed by atoms with Crippen molar-refractivity contribution in [3.05, 3.63) is 31.1 Å². The van der Waals surface area contributed by atoms with Gasteiger partial charge in [-0.3, -0.25) is 0 Å². The van der Waals surface area contributed by atoms with E-state index in [2.05, 4.69) is 15.0 Å². The molecule has 0 bridgehead atoms. The van der Waals surface area contributed by atoms with Crippen molar-refractivity contribution >= 4 is 16.6 Å². The number of imidazole rings is 2. The summed E-state index contributed by atoms with van der Waals surface area (Å²) in [6, 6.07) is 2.00. The molecule has 0 radical (unpaired) electrons. The molecule has 0 aliphatic rings. The Hall–Kier alpha value is -1.84. The van der Waals surface area contributed by atoms with Gasteiger partial charge in [-0.1, -0.05) is 0 Å². The number of hydrogen-bond donors (Lipinski definition) is 1. The third-order valence-electron chi connectivity index (χ3n) is 1.95. The van der Waals surface area contributed by atoms with Crippen LogP contribution in [0.25, 0.3) is 16.6 Å². The zero-order chi connectivity index (χ0) is 7.97. The van der Waals surface area contributed by atoms with Crippen molar-refractivity contribution < 1.29 is 0 Å². The minimum atomic E-state index is 0.975. The summed E-state index contributed by atoms with van der Waals surface area (Å²) in [5.41, 5.74) is 3.07. The third-order valence-corrected chi connectivity index (χ3v) is 1.95. The van der Waals surface area contributed by atoms with Crippen LogP contribution in [0.1, 0.15) is 0 Å². The van der Waals surface area contributed by atoms with Gasteiger partial charge in [0.25, 0.3) is 0 Å². The first-order valence-electron chi connectivity index (χ1n) is 3.68. The predicted molar refractivity (Wildman–Crippen MR) is 44.8 cm³/mol. The Morgan fingerprint density at radius 1 is 1.42 bits per heavy atom. The van der Waals surface area contributed by atoms with Crippen LogP contribution in [0.5, 0.6) is 0 Å². The summed E-state index contributed by atoms with van der Waals surface area (Å²) in [5, 5.41) is 0. The van der Waals surface area contributed by atoms with E-state index in [0.29, 0.717) is 0 Å². The van der Waals surface area contributed by atoms with E-state index in [1.54, 1.807) is 12.7 Å². The summed E-state index contributed by atoms with van der Waals surface area (Å²) < 4.78 is 1.96. The lowest BCUT2D eigenvalue weighted by Crippen LogP contribution is -1.80. The van der Waals surface area contributed by atoms with E-state index in [-0.39, 0.29) is 0 Å². The number of pyridine rings is 1. The van der Waals surface area contributed by atoms with E-state index in [0.717, 1.165) is 16.6 Å². The zero-order valence-corrected chi connectivity index (χ0v) is 6.23. The predicted octanol–water partition coefficient (Wildman–Crippen LogP) is 1.21. The van der Waals surface area contributed by atoms with Crippen LogP contribution in [0.3, 0.4) is 0 Å². The van der Waals surface area contributed by atoms with Gasteiger partial charge in [0.2, 0.25) is 0 Å². The fourth-order valence-electron chi connectivity index (χ4n) is 1.35. The van der Waals surface area contributed by atoms with Gasteiger partial charge in [0.05, 0.1) is 35.4 Å². The summed E-state index contributed by atoms with van der Waals surface area (Å²) >= 11 is 0. The molecule has 0 saturated carbocycles. The molecule has 12 heavy (non-hydrogen) atoms. The average molecular weight is 158 g/mol. The standard InChI is InChI=1S/C8H6N4/c1-6-2-9-5-12(6)3-8-7(1)10-4-11-8/h1-5H,(H,10,11). The quantitative estimate of drug-likeness (QED) is 0.534. The van der Waals surface area contributed by atoms with Gasteiger partial charge in [0, 0.05) is 6.20 Å². The fraction of sp³-hybridized carbons (Fsp3) is 0. The number of aromatic amines is 1. The smallest absolute Gasteiger partial charge is 0.0992 e. The van der Waals surface area contributed by atoms with E-state index in [1.807, 2.05) is 22.9 Å². The van der Waals surface area contributed by atoms with Crippen molar-refractivity contribution in [2.24, 2.45) is 0 Å². The molecule has 3 rings (SSSR count). The second kappa shape index (κ2) is 1.85. The van der Waals surface area contributed by atoms with Gasteiger partial charge >= 0.3 is 0 Å². The van der Waals surface area contributed by atoms with Gasteiger partial charge in [-0.15, -0.1) is 0 Å². The maximum Gasteiger partial charge on any atom is 0.0992 e. The number of aromatic nitrogens is 4. The van der Waals surface area contributed by atoms with Crippen molar-refractivity contribution in [3.8, 4) is 0 Å². The average Bonchev–Trinajstić information content (AvgIpc) is 2.64. The van der Waals surface area contributed by atoms with Crippen LogP contribution in [0.4, 0.5) is 0 Å². The molecule has 0 saturated heterocycles. The van der Waals surface area contributed by atoms with Crippen LogP contribution >= 0.6 is 0 Å². The maximum atomic E-state index is 4.15. The van der Waals surface area contributed by atoms with Gasteiger partial charge in [0.15, 0.2) is 0 Å². The summed E-state index contributed by atoms with van der Waals surface area (Å²) in [7, 11) is 0. The summed E-state index contributed by atoms with van der Waals surface area (Å²) in [6.07, 6.45) is 7.26. The molecular weight excluding hydrogens is 152 g/mol. The van der Waals surface area contributed by atoms with Crippen LogP contribution in [0, 0.1) is 0 Å². The number of rotatable bonds is 0. The first kappa shape index (κ1) is 5.77. The lowest BCUT2D eigenvalue weighted by Gasteiger charge is -1.91. The minimum Gasteiger partial charge on any atom is -0.343 e. The molecule has 3 aromatic rings. The molecule has 1 N–H and O–H groups in total.